The molecular weight excluding hydrogens is 306 g/mol. The highest BCUT2D eigenvalue weighted by Crippen LogP contribution is 2.16. The van der Waals surface area contributed by atoms with E-state index in [0.29, 0.717) is 18.5 Å². The van der Waals surface area contributed by atoms with Crippen LogP contribution in [0.2, 0.25) is 0 Å². The number of guanidine groups is 1. The average molecular weight is 342 g/mol. The van der Waals surface area contributed by atoms with Gasteiger partial charge >= 0.3 is 6.09 Å². The van der Waals surface area contributed by atoms with Crippen molar-refractivity contribution >= 4 is 12.1 Å². The Hall–Kier alpha value is -1.50. The fourth-order valence-electron chi connectivity index (χ4n) is 2.75. The quantitative estimate of drug-likeness (QED) is 0.355. The highest BCUT2D eigenvalue weighted by Gasteiger charge is 2.22. The topological polar surface area (TPSA) is 92.0 Å². The zero-order valence-electron chi connectivity index (χ0n) is 15.7. The van der Waals surface area contributed by atoms with E-state index in [9.17, 15) is 4.79 Å². The number of unbranched alkanes of at least 4 members (excludes halogenated alkanes) is 1. The number of nitrogens with zero attached hydrogens (tertiary/aromatic N) is 2. The van der Waals surface area contributed by atoms with Gasteiger partial charge in [-0.1, -0.05) is 6.92 Å². The summed E-state index contributed by atoms with van der Waals surface area (Å²) >= 11 is 0. The van der Waals surface area contributed by atoms with E-state index in [-0.39, 0.29) is 6.09 Å². The number of ether oxygens (including phenoxy) is 1. The lowest BCUT2D eigenvalue weighted by Crippen LogP contribution is -2.36. The molecule has 1 fully saturated rings. The van der Waals surface area contributed by atoms with Gasteiger partial charge in [0.15, 0.2) is 5.96 Å². The molecule has 0 bridgehead atoms. The van der Waals surface area contributed by atoms with Gasteiger partial charge in [0.05, 0.1) is 6.54 Å². The maximum atomic E-state index is 11.5. The van der Waals surface area contributed by atoms with Crippen LogP contribution in [0, 0.1) is 0 Å². The van der Waals surface area contributed by atoms with E-state index < -0.39 is 5.60 Å². The Morgan fingerprint density at radius 1 is 1.29 bits per heavy atom. The molecule has 7 nitrogen and oxygen atoms in total. The second-order valence-electron chi connectivity index (χ2n) is 7.21. The number of carbonyl (C=O) groups is 1. The molecule has 1 rings (SSSR count). The van der Waals surface area contributed by atoms with Crippen LogP contribution in [0.15, 0.2) is 4.99 Å². The summed E-state index contributed by atoms with van der Waals surface area (Å²) in [6, 6.07) is 0.536. The van der Waals surface area contributed by atoms with Gasteiger partial charge in [0.1, 0.15) is 5.60 Å². The van der Waals surface area contributed by atoms with E-state index in [1.165, 1.54) is 19.4 Å². The van der Waals surface area contributed by atoms with Gasteiger partial charge in [-0.25, -0.2) is 4.79 Å². The number of hydrogen-bond acceptors (Lipinski definition) is 4. The summed E-state index contributed by atoms with van der Waals surface area (Å²) in [4.78, 5) is 18.4. The molecule has 1 saturated heterocycles. The molecule has 1 heterocycles. The van der Waals surface area contributed by atoms with Crippen molar-refractivity contribution in [2.24, 2.45) is 10.7 Å². The number of nitrogens with two attached hydrogens (primary N) is 1. The van der Waals surface area contributed by atoms with E-state index >= 15 is 0 Å². The van der Waals surface area contributed by atoms with Gasteiger partial charge in [-0.2, -0.15) is 0 Å². The number of nitrogens with one attached hydrogen (secondary N) is 2. The number of amides is 1. The predicted molar refractivity (Wildman–Crippen MR) is 98.2 cm³/mol. The molecule has 0 radical (unpaired) electrons. The zero-order chi connectivity index (χ0) is 18.0. The molecule has 1 unspecified atom stereocenters. The molecule has 1 aliphatic heterocycles. The van der Waals surface area contributed by atoms with Gasteiger partial charge in [0.25, 0.3) is 0 Å². The van der Waals surface area contributed by atoms with E-state index in [1.807, 2.05) is 20.8 Å². The van der Waals surface area contributed by atoms with E-state index in [4.69, 9.17) is 10.5 Å². The third kappa shape index (κ3) is 8.96. The highest BCUT2D eigenvalue weighted by atomic mass is 16.6. The van der Waals surface area contributed by atoms with Crippen molar-refractivity contribution in [3.63, 3.8) is 0 Å². The number of alkyl carbamates (subject to hydrolysis) is 1. The van der Waals surface area contributed by atoms with E-state index in [1.54, 1.807) is 0 Å². The van der Waals surface area contributed by atoms with Gasteiger partial charge in [-0.3, -0.25) is 9.89 Å². The van der Waals surface area contributed by atoms with Crippen LogP contribution in [0.4, 0.5) is 4.79 Å². The lowest BCUT2D eigenvalue weighted by Gasteiger charge is -2.21. The summed E-state index contributed by atoms with van der Waals surface area (Å²) in [6.45, 7) is 12.1. The number of likely N-dealkylation sites (tertiary alicyclic amines) is 1. The molecule has 0 spiro atoms. The van der Waals surface area contributed by atoms with Crippen molar-refractivity contribution in [1.82, 2.24) is 15.5 Å². The molecule has 1 amide bonds. The largest absolute Gasteiger partial charge is 0.444 e. The van der Waals surface area contributed by atoms with E-state index in [0.717, 1.165) is 32.5 Å². The Morgan fingerprint density at radius 3 is 2.58 bits per heavy atom. The van der Waals surface area contributed by atoms with Gasteiger partial charge in [0, 0.05) is 19.1 Å². The SMILES string of the molecule is CCN1CCCC1CN=C(N)NCCCCNC(=O)OC(C)(C)C. The number of carbonyl (C=O) groups excluding carboxylic acids is 1. The fraction of sp³-hybridized carbons (Fsp3) is 0.882. The van der Waals surface area contributed by atoms with Crippen LogP contribution in [-0.4, -0.2) is 61.3 Å². The zero-order valence-corrected chi connectivity index (χ0v) is 15.7. The minimum Gasteiger partial charge on any atom is -0.444 e. The number of likely N-dealkylation sites (N-methyl/N-ethyl adjacent to an activating group) is 1. The minimum atomic E-state index is -0.455. The first-order valence-corrected chi connectivity index (χ1v) is 9.06. The molecule has 1 atom stereocenters. The summed E-state index contributed by atoms with van der Waals surface area (Å²) < 4.78 is 5.17. The molecule has 140 valence electrons. The maximum absolute atomic E-state index is 11.5. The molecule has 0 aromatic rings. The lowest BCUT2D eigenvalue weighted by molar-refractivity contribution is 0.0527. The van der Waals surface area contributed by atoms with Crippen LogP contribution in [0.5, 0.6) is 0 Å². The van der Waals surface area contributed by atoms with Gasteiger partial charge < -0.3 is 21.1 Å². The van der Waals surface area contributed by atoms with Crippen molar-refractivity contribution in [2.75, 3.05) is 32.7 Å². The summed E-state index contributed by atoms with van der Waals surface area (Å²) in [5.74, 6) is 0.512. The van der Waals surface area contributed by atoms with Crippen molar-refractivity contribution in [2.45, 2.75) is 65.0 Å². The Bertz CT molecular complexity index is 406. The Balaban J connectivity index is 2.06. The van der Waals surface area contributed by atoms with Crippen molar-refractivity contribution in [3.05, 3.63) is 0 Å². The third-order valence-electron chi connectivity index (χ3n) is 3.96. The molecular formula is C17H35N5O2. The van der Waals surface area contributed by atoms with Crippen LogP contribution >= 0.6 is 0 Å². The Kier molecular flexibility index (Phi) is 8.89. The summed E-state index contributed by atoms with van der Waals surface area (Å²) in [6.07, 6.45) is 3.88. The van der Waals surface area contributed by atoms with Crippen LogP contribution < -0.4 is 16.4 Å². The normalized spacial score (nSPS) is 19.3. The highest BCUT2D eigenvalue weighted by molar-refractivity contribution is 5.77. The molecule has 0 aromatic heterocycles. The number of rotatable bonds is 8. The first-order valence-electron chi connectivity index (χ1n) is 9.06. The maximum Gasteiger partial charge on any atom is 0.407 e. The van der Waals surface area contributed by atoms with Gasteiger partial charge in [-0.05, 0) is 59.5 Å². The molecule has 0 aliphatic carbocycles. The second-order valence-corrected chi connectivity index (χ2v) is 7.21. The first kappa shape index (κ1) is 20.5. The number of aliphatic imine (C=N–C) groups is 1. The third-order valence-corrected chi connectivity index (χ3v) is 3.96. The molecule has 0 saturated carbocycles. The predicted octanol–water partition coefficient (Wildman–Crippen LogP) is 1.68. The molecule has 1 aliphatic rings. The summed E-state index contributed by atoms with van der Waals surface area (Å²) in [7, 11) is 0. The molecule has 0 aromatic carbocycles. The second kappa shape index (κ2) is 10.4. The average Bonchev–Trinajstić information content (AvgIpc) is 2.94. The van der Waals surface area contributed by atoms with Crippen molar-refractivity contribution in [3.8, 4) is 0 Å². The van der Waals surface area contributed by atoms with Crippen molar-refractivity contribution in [1.29, 1.82) is 0 Å². The van der Waals surface area contributed by atoms with Gasteiger partial charge in [0.2, 0.25) is 0 Å². The summed E-state index contributed by atoms with van der Waals surface area (Å²) in [5, 5.41) is 5.88. The first-order chi connectivity index (χ1) is 11.3. The monoisotopic (exact) mass is 341 g/mol. The summed E-state index contributed by atoms with van der Waals surface area (Å²) in [5.41, 5.74) is 5.45. The van der Waals surface area contributed by atoms with Gasteiger partial charge in [-0.15, -0.1) is 0 Å². The fourth-order valence-corrected chi connectivity index (χ4v) is 2.75. The van der Waals surface area contributed by atoms with Crippen LogP contribution in [0.3, 0.4) is 0 Å². The number of hydrogen-bond donors (Lipinski definition) is 3. The Morgan fingerprint density at radius 2 is 1.96 bits per heavy atom. The molecule has 4 N–H and O–H groups in total. The molecule has 24 heavy (non-hydrogen) atoms. The van der Waals surface area contributed by atoms with Crippen LogP contribution in [0.1, 0.15) is 53.4 Å². The van der Waals surface area contributed by atoms with Crippen LogP contribution in [-0.2, 0) is 4.74 Å². The Labute approximate surface area is 146 Å². The standard InChI is InChI=1S/C17H35N5O2/c1-5-22-12-8-9-14(22)13-21-15(18)19-10-6-7-11-20-16(23)24-17(2,3)4/h14H,5-13H2,1-4H3,(H,20,23)(H3,18,19,21). The van der Waals surface area contributed by atoms with Crippen molar-refractivity contribution < 1.29 is 9.53 Å². The van der Waals surface area contributed by atoms with E-state index in [2.05, 4.69) is 27.4 Å². The lowest BCUT2D eigenvalue weighted by atomic mass is 10.2. The minimum absolute atomic E-state index is 0.367. The van der Waals surface area contributed by atoms with Crippen LogP contribution in [0.25, 0.3) is 0 Å². The smallest absolute Gasteiger partial charge is 0.407 e. The molecule has 7 heteroatoms.